The second-order valence-electron chi connectivity index (χ2n) is 4.06. The molecular formula is C12H12N2O5. The fourth-order valence-corrected chi connectivity index (χ4v) is 1.95. The Morgan fingerprint density at radius 1 is 1.53 bits per heavy atom. The van der Waals surface area contributed by atoms with Gasteiger partial charge in [0.05, 0.1) is 17.1 Å². The highest BCUT2D eigenvalue weighted by atomic mass is 16.6. The van der Waals surface area contributed by atoms with Crippen molar-refractivity contribution in [2.24, 2.45) is 0 Å². The van der Waals surface area contributed by atoms with E-state index in [9.17, 15) is 19.7 Å². The molecule has 1 aliphatic heterocycles. The maximum atomic E-state index is 12.0. The van der Waals surface area contributed by atoms with Gasteiger partial charge in [-0.3, -0.25) is 19.7 Å². The van der Waals surface area contributed by atoms with E-state index in [0.717, 1.165) is 0 Å². The molecule has 7 heteroatoms. The molecule has 0 spiro atoms. The van der Waals surface area contributed by atoms with Gasteiger partial charge in [-0.25, -0.2) is 0 Å². The van der Waals surface area contributed by atoms with Crippen LogP contribution in [0.4, 0.5) is 5.69 Å². The van der Waals surface area contributed by atoms with Crippen molar-refractivity contribution in [2.45, 2.75) is 13.5 Å². The van der Waals surface area contributed by atoms with Crippen LogP contribution in [0.5, 0.6) is 0 Å². The molecule has 0 radical (unpaired) electrons. The normalized spacial score (nSPS) is 13.3. The van der Waals surface area contributed by atoms with Crippen molar-refractivity contribution in [3.8, 4) is 0 Å². The van der Waals surface area contributed by atoms with Gasteiger partial charge in [-0.2, -0.15) is 0 Å². The number of non-ortho nitro benzene ring substituents is 1. The molecule has 1 heterocycles. The number of rotatable bonds is 4. The van der Waals surface area contributed by atoms with Crippen LogP contribution in [0.25, 0.3) is 0 Å². The molecule has 2 rings (SSSR count). The van der Waals surface area contributed by atoms with Gasteiger partial charge in [0.25, 0.3) is 11.6 Å². The molecule has 7 nitrogen and oxygen atoms in total. The van der Waals surface area contributed by atoms with E-state index in [0.29, 0.717) is 5.56 Å². The van der Waals surface area contributed by atoms with E-state index in [-0.39, 0.29) is 36.9 Å². The number of amides is 1. The number of nitro groups is 1. The van der Waals surface area contributed by atoms with E-state index in [1.165, 1.54) is 23.1 Å². The monoisotopic (exact) mass is 264 g/mol. The molecule has 0 aliphatic carbocycles. The smallest absolute Gasteiger partial charge is 0.325 e. The van der Waals surface area contributed by atoms with E-state index in [1.54, 1.807) is 6.92 Å². The number of ether oxygens (including phenoxy) is 1. The van der Waals surface area contributed by atoms with Gasteiger partial charge < -0.3 is 9.64 Å². The van der Waals surface area contributed by atoms with Gasteiger partial charge in [0.2, 0.25) is 0 Å². The molecule has 1 amide bonds. The van der Waals surface area contributed by atoms with Crippen molar-refractivity contribution in [3.63, 3.8) is 0 Å². The Labute approximate surface area is 108 Å². The lowest BCUT2D eigenvalue weighted by atomic mass is 10.1. The summed E-state index contributed by atoms with van der Waals surface area (Å²) < 4.78 is 4.77. The number of carbonyl (C=O) groups excluding carboxylic acids is 2. The van der Waals surface area contributed by atoms with Crippen molar-refractivity contribution < 1.29 is 19.2 Å². The Bertz CT molecular complexity index is 555. The molecular weight excluding hydrogens is 252 g/mol. The Morgan fingerprint density at radius 2 is 2.26 bits per heavy atom. The fourth-order valence-electron chi connectivity index (χ4n) is 1.95. The summed E-state index contributed by atoms with van der Waals surface area (Å²) in [5.41, 5.74) is 0.823. The van der Waals surface area contributed by atoms with Crippen LogP contribution in [0.3, 0.4) is 0 Å². The summed E-state index contributed by atoms with van der Waals surface area (Å²) in [4.78, 5) is 34.8. The molecule has 1 aliphatic rings. The first-order chi connectivity index (χ1) is 9.02. The Morgan fingerprint density at radius 3 is 2.89 bits per heavy atom. The van der Waals surface area contributed by atoms with Crippen LogP contribution in [0.1, 0.15) is 22.8 Å². The third-order valence-corrected chi connectivity index (χ3v) is 2.81. The number of nitro benzene ring substituents is 1. The minimum absolute atomic E-state index is 0.134. The van der Waals surface area contributed by atoms with Gasteiger partial charge in [0.15, 0.2) is 0 Å². The topological polar surface area (TPSA) is 89.8 Å². The zero-order valence-electron chi connectivity index (χ0n) is 10.3. The van der Waals surface area contributed by atoms with Gasteiger partial charge in [0.1, 0.15) is 6.54 Å². The number of hydrogen-bond donors (Lipinski definition) is 0. The third kappa shape index (κ3) is 2.54. The molecule has 0 aromatic heterocycles. The zero-order chi connectivity index (χ0) is 14.0. The van der Waals surface area contributed by atoms with Crippen LogP contribution in [0.2, 0.25) is 0 Å². The van der Waals surface area contributed by atoms with Gasteiger partial charge in [-0.1, -0.05) is 0 Å². The quantitative estimate of drug-likeness (QED) is 0.461. The first-order valence-electron chi connectivity index (χ1n) is 5.75. The first kappa shape index (κ1) is 13.0. The number of fused-ring (bicyclic) bond motifs is 1. The van der Waals surface area contributed by atoms with Gasteiger partial charge in [-0.05, 0) is 18.6 Å². The average Bonchev–Trinajstić information content (AvgIpc) is 2.66. The lowest BCUT2D eigenvalue weighted by Gasteiger charge is -2.13. The number of benzene rings is 1. The molecule has 1 aromatic rings. The highest BCUT2D eigenvalue weighted by Crippen LogP contribution is 2.26. The molecule has 0 N–H and O–H groups in total. The average molecular weight is 264 g/mol. The summed E-state index contributed by atoms with van der Waals surface area (Å²) in [6.07, 6.45) is 0. The second kappa shape index (κ2) is 5.05. The number of nitrogens with zero attached hydrogens (tertiary/aromatic N) is 2. The van der Waals surface area contributed by atoms with Crippen LogP contribution in [0, 0.1) is 10.1 Å². The van der Waals surface area contributed by atoms with Crippen LogP contribution in [0.15, 0.2) is 18.2 Å². The summed E-state index contributed by atoms with van der Waals surface area (Å²) in [5, 5.41) is 10.7. The maximum Gasteiger partial charge on any atom is 0.325 e. The molecule has 0 unspecified atom stereocenters. The summed E-state index contributed by atoms with van der Waals surface area (Å²) >= 11 is 0. The molecule has 0 atom stereocenters. The molecule has 1 aromatic carbocycles. The summed E-state index contributed by atoms with van der Waals surface area (Å²) in [5.74, 6) is -0.870. The molecule has 0 bridgehead atoms. The predicted octanol–water partition coefficient (Wildman–Crippen LogP) is 1.11. The van der Waals surface area contributed by atoms with Crippen LogP contribution >= 0.6 is 0 Å². The van der Waals surface area contributed by atoms with E-state index in [4.69, 9.17) is 4.74 Å². The van der Waals surface area contributed by atoms with E-state index in [1.807, 2.05) is 0 Å². The minimum atomic E-state index is -0.554. The Hall–Kier alpha value is -2.44. The molecule has 0 saturated carbocycles. The standard InChI is InChI=1S/C12H12N2O5/c1-2-19-11(15)7-13-6-8-3-4-9(14(17)18)5-10(8)12(13)16/h3-5H,2,6-7H2,1H3. The van der Waals surface area contributed by atoms with Crippen LogP contribution in [-0.2, 0) is 16.1 Å². The number of carbonyl (C=O) groups is 2. The highest BCUT2D eigenvalue weighted by molar-refractivity contribution is 6.00. The third-order valence-electron chi connectivity index (χ3n) is 2.81. The van der Waals surface area contributed by atoms with Gasteiger partial charge >= 0.3 is 5.97 Å². The first-order valence-corrected chi connectivity index (χ1v) is 5.75. The summed E-state index contributed by atoms with van der Waals surface area (Å²) in [6.45, 7) is 2.06. The second-order valence-corrected chi connectivity index (χ2v) is 4.06. The maximum absolute atomic E-state index is 12.0. The summed E-state index contributed by atoms with van der Waals surface area (Å²) in [6, 6.07) is 4.12. The van der Waals surface area contributed by atoms with E-state index in [2.05, 4.69) is 0 Å². The summed E-state index contributed by atoms with van der Waals surface area (Å²) in [7, 11) is 0. The van der Waals surface area contributed by atoms with Crippen LogP contribution < -0.4 is 0 Å². The molecule has 100 valence electrons. The molecule has 0 saturated heterocycles. The molecule has 19 heavy (non-hydrogen) atoms. The van der Waals surface area contributed by atoms with Crippen molar-refractivity contribution in [1.82, 2.24) is 4.90 Å². The fraction of sp³-hybridized carbons (Fsp3) is 0.333. The SMILES string of the molecule is CCOC(=O)CN1Cc2ccc([N+](=O)[O-])cc2C1=O. The Kier molecular flexibility index (Phi) is 3.46. The van der Waals surface area contributed by atoms with E-state index < -0.39 is 10.9 Å². The highest BCUT2D eigenvalue weighted by Gasteiger charge is 2.30. The number of esters is 1. The predicted molar refractivity (Wildman–Crippen MR) is 64.5 cm³/mol. The van der Waals surface area contributed by atoms with Crippen LogP contribution in [-0.4, -0.2) is 34.9 Å². The zero-order valence-corrected chi connectivity index (χ0v) is 10.3. The molecule has 0 fully saturated rings. The number of hydrogen-bond acceptors (Lipinski definition) is 5. The van der Waals surface area contributed by atoms with Crippen molar-refractivity contribution in [3.05, 3.63) is 39.4 Å². The van der Waals surface area contributed by atoms with E-state index >= 15 is 0 Å². The Balaban J connectivity index is 2.17. The van der Waals surface area contributed by atoms with Crippen molar-refractivity contribution in [1.29, 1.82) is 0 Å². The lowest BCUT2D eigenvalue weighted by molar-refractivity contribution is -0.384. The van der Waals surface area contributed by atoms with Gasteiger partial charge in [0, 0.05) is 18.7 Å². The van der Waals surface area contributed by atoms with Crippen molar-refractivity contribution in [2.75, 3.05) is 13.2 Å². The van der Waals surface area contributed by atoms with Crippen molar-refractivity contribution >= 4 is 17.6 Å². The lowest BCUT2D eigenvalue weighted by Crippen LogP contribution is -2.31. The largest absolute Gasteiger partial charge is 0.465 e. The minimum Gasteiger partial charge on any atom is -0.465 e. The van der Waals surface area contributed by atoms with Gasteiger partial charge in [-0.15, -0.1) is 0 Å².